The molecule has 1 aliphatic rings. The molecule has 1 N–H and O–H groups in total. The van der Waals surface area contributed by atoms with E-state index in [1.165, 1.54) is 18.2 Å². The van der Waals surface area contributed by atoms with Gasteiger partial charge in [0.1, 0.15) is 0 Å². The van der Waals surface area contributed by atoms with Gasteiger partial charge in [0.2, 0.25) is 0 Å². The van der Waals surface area contributed by atoms with Gasteiger partial charge in [-0.15, -0.1) is 0 Å². The molecular formula is C13H12N3O4. The first-order valence-electron chi connectivity index (χ1n) is 5.93. The minimum Gasteiger partial charge on any atom is -0.381 e. The summed E-state index contributed by atoms with van der Waals surface area (Å²) < 4.78 is 0. The summed E-state index contributed by atoms with van der Waals surface area (Å²) in [6.45, 7) is 0.434. The number of hydrogen-bond donors (Lipinski definition) is 1. The van der Waals surface area contributed by atoms with Crippen LogP contribution in [-0.4, -0.2) is 16.4 Å². The highest BCUT2D eigenvalue weighted by Gasteiger charge is 2.13. The van der Waals surface area contributed by atoms with E-state index in [1.807, 2.05) is 6.42 Å². The van der Waals surface area contributed by atoms with E-state index in [1.54, 1.807) is 18.2 Å². The third kappa shape index (κ3) is 3.41. The summed E-state index contributed by atoms with van der Waals surface area (Å²) >= 11 is 0. The van der Waals surface area contributed by atoms with E-state index in [-0.39, 0.29) is 11.4 Å². The molecule has 7 nitrogen and oxygen atoms in total. The second kappa shape index (κ2) is 5.96. The molecule has 0 aromatic heterocycles. The van der Waals surface area contributed by atoms with Crippen molar-refractivity contribution in [3.63, 3.8) is 0 Å². The van der Waals surface area contributed by atoms with Crippen LogP contribution in [0.5, 0.6) is 0 Å². The van der Waals surface area contributed by atoms with Crippen LogP contribution in [0.4, 0.5) is 11.4 Å². The molecule has 0 heterocycles. The SMILES string of the molecule is O=[N+]([O-])C1=CC[CH]C(CNc2ccc([N+](=O)[O-])cc2)=C1. The fraction of sp³-hybridized carbons (Fsp3) is 0.154. The number of nitrogens with one attached hydrogen (secondary N) is 1. The first-order chi connectivity index (χ1) is 9.56. The van der Waals surface area contributed by atoms with Gasteiger partial charge < -0.3 is 5.32 Å². The summed E-state index contributed by atoms with van der Waals surface area (Å²) in [5.74, 6) is 0. The summed E-state index contributed by atoms with van der Waals surface area (Å²) in [4.78, 5) is 20.3. The zero-order valence-corrected chi connectivity index (χ0v) is 10.5. The first kappa shape index (κ1) is 13.7. The van der Waals surface area contributed by atoms with E-state index in [0.717, 1.165) is 11.3 Å². The van der Waals surface area contributed by atoms with Crippen LogP contribution < -0.4 is 5.32 Å². The Morgan fingerprint density at radius 3 is 2.40 bits per heavy atom. The van der Waals surface area contributed by atoms with Crippen LogP contribution in [0.3, 0.4) is 0 Å². The van der Waals surface area contributed by atoms with Gasteiger partial charge in [-0.3, -0.25) is 20.2 Å². The normalized spacial score (nSPS) is 14.2. The molecule has 1 aromatic carbocycles. The van der Waals surface area contributed by atoms with E-state index in [0.29, 0.717) is 13.0 Å². The summed E-state index contributed by atoms with van der Waals surface area (Å²) in [7, 11) is 0. The Balaban J connectivity index is 1.97. The predicted octanol–water partition coefficient (Wildman–Crippen LogP) is 2.70. The van der Waals surface area contributed by atoms with Gasteiger partial charge in [-0.1, -0.05) is 0 Å². The number of rotatable bonds is 5. The fourth-order valence-electron chi connectivity index (χ4n) is 1.79. The quantitative estimate of drug-likeness (QED) is 0.657. The van der Waals surface area contributed by atoms with E-state index in [4.69, 9.17) is 0 Å². The van der Waals surface area contributed by atoms with Crippen LogP contribution in [0, 0.1) is 26.6 Å². The highest BCUT2D eigenvalue weighted by atomic mass is 16.6. The molecule has 0 saturated heterocycles. The number of nitrogens with zero attached hydrogens (tertiary/aromatic N) is 2. The van der Waals surface area contributed by atoms with Crippen molar-refractivity contribution in [1.82, 2.24) is 0 Å². The van der Waals surface area contributed by atoms with Crippen molar-refractivity contribution in [2.75, 3.05) is 11.9 Å². The van der Waals surface area contributed by atoms with Gasteiger partial charge in [-0.25, -0.2) is 0 Å². The summed E-state index contributed by atoms with van der Waals surface area (Å²) in [6, 6.07) is 6.02. The summed E-state index contributed by atoms with van der Waals surface area (Å²) in [6.07, 6.45) is 5.49. The Bertz CT molecular complexity index is 590. The second-order valence-corrected chi connectivity index (χ2v) is 4.20. The Morgan fingerprint density at radius 2 is 1.80 bits per heavy atom. The lowest BCUT2D eigenvalue weighted by Gasteiger charge is -2.11. The maximum absolute atomic E-state index is 10.7. The van der Waals surface area contributed by atoms with Crippen molar-refractivity contribution in [2.24, 2.45) is 0 Å². The van der Waals surface area contributed by atoms with E-state index < -0.39 is 9.85 Å². The maximum atomic E-state index is 10.7. The number of nitro benzene ring substituents is 1. The lowest BCUT2D eigenvalue weighted by molar-refractivity contribution is -0.419. The molecule has 0 spiro atoms. The van der Waals surface area contributed by atoms with Crippen molar-refractivity contribution in [2.45, 2.75) is 6.42 Å². The third-order valence-corrected chi connectivity index (χ3v) is 2.83. The average Bonchev–Trinajstić information content (AvgIpc) is 2.46. The molecule has 0 unspecified atom stereocenters. The zero-order valence-electron chi connectivity index (χ0n) is 10.5. The molecule has 1 aliphatic carbocycles. The lowest BCUT2D eigenvalue weighted by Crippen LogP contribution is -2.09. The van der Waals surface area contributed by atoms with Crippen LogP contribution in [0.15, 0.2) is 47.7 Å². The average molecular weight is 274 g/mol. The van der Waals surface area contributed by atoms with Gasteiger partial charge in [0.05, 0.1) is 9.85 Å². The number of anilines is 1. The second-order valence-electron chi connectivity index (χ2n) is 4.20. The number of hydrogen-bond acceptors (Lipinski definition) is 5. The van der Waals surface area contributed by atoms with Crippen LogP contribution in [0.25, 0.3) is 0 Å². The van der Waals surface area contributed by atoms with E-state index in [2.05, 4.69) is 5.32 Å². The van der Waals surface area contributed by atoms with E-state index in [9.17, 15) is 20.2 Å². The Morgan fingerprint density at radius 1 is 1.10 bits per heavy atom. The van der Waals surface area contributed by atoms with Gasteiger partial charge in [0.25, 0.3) is 11.4 Å². The van der Waals surface area contributed by atoms with Gasteiger partial charge in [0, 0.05) is 30.4 Å². The van der Waals surface area contributed by atoms with Crippen molar-refractivity contribution in [3.05, 3.63) is 74.3 Å². The van der Waals surface area contributed by atoms with E-state index >= 15 is 0 Å². The van der Waals surface area contributed by atoms with Crippen LogP contribution in [0.1, 0.15) is 6.42 Å². The maximum Gasteiger partial charge on any atom is 0.269 e. The van der Waals surface area contributed by atoms with Crippen molar-refractivity contribution < 1.29 is 9.85 Å². The van der Waals surface area contributed by atoms with Crippen LogP contribution in [0.2, 0.25) is 0 Å². The Labute approximate surface area is 114 Å². The first-order valence-corrected chi connectivity index (χ1v) is 5.93. The number of benzene rings is 1. The smallest absolute Gasteiger partial charge is 0.269 e. The molecule has 0 fully saturated rings. The monoisotopic (exact) mass is 274 g/mol. The van der Waals surface area contributed by atoms with Gasteiger partial charge >= 0.3 is 0 Å². The number of non-ortho nitro benzene ring substituents is 1. The predicted molar refractivity (Wildman–Crippen MR) is 73.7 cm³/mol. The molecule has 7 heteroatoms. The minimum absolute atomic E-state index is 0.0255. The summed E-state index contributed by atoms with van der Waals surface area (Å²) in [5, 5.41) is 24.3. The standard InChI is InChI=1S/C13H12N3O4/c17-15(18)12-6-4-11(5-7-12)14-9-10-2-1-3-13(8-10)16(19)20/h2-8,14H,1,9H2. The zero-order chi connectivity index (χ0) is 14.5. The molecule has 0 amide bonds. The van der Waals surface area contributed by atoms with Crippen LogP contribution >= 0.6 is 0 Å². The molecule has 20 heavy (non-hydrogen) atoms. The molecule has 0 saturated carbocycles. The topological polar surface area (TPSA) is 98.3 Å². The van der Waals surface area contributed by atoms with Crippen molar-refractivity contribution in [3.8, 4) is 0 Å². The Hall–Kier alpha value is -2.70. The highest BCUT2D eigenvalue weighted by Crippen LogP contribution is 2.19. The van der Waals surface area contributed by atoms with Crippen molar-refractivity contribution >= 4 is 11.4 Å². The molecule has 103 valence electrons. The largest absolute Gasteiger partial charge is 0.381 e. The molecule has 2 rings (SSSR count). The number of nitro groups is 2. The molecule has 0 atom stereocenters. The third-order valence-electron chi connectivity index (χ3n) is 2.83. The van der Waals surface area contributed by atoms with Crippen LogP contribution in [-0.2, 0) is 0 Å². The van der Waals surface area contributed by atoms with Gasteiger partial charge in [0.15, 0.2) is 0 Å². The summed E-state index contributed by atoms with van der Waals surface area (Å²) in [5.41, 5.74) is 1.66. The minimum atomic E-state index is -0.463. The molecule has 1 radical (unpaired) electrons. The van der Waals surface area contributed by atoms with Gasteiger partial charge in [-0.05, 0) is 36.6 Å². The van der Waals surface area contributed by atoms with Gasteiger partial charge in [-0.2, -0.15) is 0 Å². The molecule has 0 aliphatic heterocycles. The van der Waals surface area contributed by atoms with Crippen molar-refractivity contribution in [1.29, 1.82) is 0 Å². The Kier molecular flexibility index (Phi) is 4.09. The number of allylic oxidation sites excluding steroid dienone is 2. The highest BCUT2D eigenvalue weighted by molar-refractivity contribution is 5.50. The molecule has 0 bridgehead atoms. The lowest BCUT2D eigenvalue weighted by atomic mass is 10.0. The molecular weight excluding hydrogens is 262 g/mol. The molecule has 1 aromatic rings. The fourth-order valence-corrected chi connectivity index (χ4v) is 1.79.